The number of carbonyl (C=O) groups is 1. The van der Waals surface area contributed by atoms with Crippen molar-refractivity contribution in [3.8, 4) is 0 Å². The molecule has 2 rings (SSSR count). The van der Waals surface area contributed by atoms with Gasteiger partial charge in [0.15, 0.2) is 0 Å². The maximum absolute atomic E-state index is 10.7. The first-order chi connectivity index (χ1) is 9.19. The average Bonchev–Trinajstić information content (AvgIpc) is 2.84. The van der Waals surface area contributed by atoms with Crippen LogP contribution in [0.4, 0.5) is 0 Å². The van der Waals surface area contributed by atoms with Crippen LogP contribution in [0.3, 0.4) is 0 Å². The molecule has 0 aliphatic carbocycles. The zero-order valence-electron chi connectivity index (χ0n) is 11.5. The number of hydrogen-bond donors (Lipinski definition) is 1. The van der Waals surface area contributed by atoms with E-state index in [2.05, 4.69) is 36.1 Å². The topological polar surface area (TPSA) is 43.8 Å². The molecule has 0 bridgehead atoms. The number of rotatable bonds is 6. The second-order valence-electron chi connectivity index (χ2n) is 5.12. The molecule has 1 aliphatic rings. The Morgan fingerprint density at radius 2 is 2.16 bits per heavy atom. The molecule has 1 aromatic rings. The van der Waals surface area contributed by atoms with Crippen LogP contribution in [-0.2, 0) is 11.3 Å². The lowest BCUT2D eigenvalue weighted by Gasteiger charge is -2.27. The van der Waals surface area contributed by atoms with Crippen LogP contribution < -0.4 is 0 Å². The Bertz CT molecular complexity index is 408. The minimum absolute atomic E-state index is 0.166. The molecule has 0 aromatic heterocycles. The molecular formula is C15H22N2O2. The monoisotopic (exact) mass is 262 g/mol. The van der Waals surface area contributed by atoms with Gasteiger partial charge >= 0.3 is 5.97 Å². The maximum atomic E-state index is 10.7. The van der Waals surface area contributed by atoms with Gasteiger partial charge in [0.2, 0.25) is 0 Å². The molecule has 1 aliphatic heterocycles. The van der Waals surface area contributed by atoms with Crippen LogP contribution in [0.15, 0.2) is 30.3 Å². The molecule has 0 saturated carbocycles. The van der Waals surface area contributed by atoms with Crippen LogP contribution in [0.1, 0.15) is 18.9 Å². The van der Waals surface area contributed by atoms with Gasteiger partial charge in [0.25, 0.3) is 0 Å². The van der Waals surface area contributed by atoms with E-state index in [1.165, 1.54) is 5.56 Å². The molecule has 0 spiro atoms. The summed E-state index contributed by atoms with van der Waals surface area (Å²) in [6.45, 7) is 6.04. The fourth-order valence-corrected chi connectivity index (χ4v) is 2.76. The van der Waals surface area contributed by atoms with E-state index in [1.807, 2.05) is 11.0 Å². The normalized spacial score (nSPS) is 20.0. The lowest BCUT2D eigenvalue weighted by molar-refractivity contribution is -0.138. The highest BCUT2D eigenvalue weighted by atomic mass is 16.4. The Balaban J connectivity index is 1.90. The molecule has 4 heteroatoms. The second-order valence-corrected chi connectivity index (χ2v) is 5.12. The van der Waals surface area contributed by atoms with Gasteiger partial charge in [-0.3, -0.25) is 14.6 Å². The predicted molar refractivity (Wildman–Crippen MR) is 75.0 cm³/mol. The third kappa shape index (κ3) is 4.04. The summed E-state index contributed by atoms with van der Waals surface area (Å²) in [4.78, 5) is 15.2. The van der Waals surface area contributed by atoms with Gasteiger partial charge in [-0.2, -0.15) is 0 Å². The molecule has 1 atom stereocenters. The van der Waals surface area contributed by atoms with Gasteiger partial charge in [-0.05, 0) is 18.5 Å². The molecule has 1 heterocycles. The van der Waals surface area contributed by atoms with Crippen molar-refractivity contribution in [3.63, 3.8) is 0 Å². The van der Waals surface area contributed by atoms with Crippen molar-refractivity contribution in [1.82, 2.24) is 9.80 Å². The van der Waals surface area contributed by atoms with Crippen molar-refractivity contribution < 1.29 is 9.90 Å². The third-order valence-corrected chi connectivity index (χ3v) is 3.76. The quantitative estimate of drug-likeness (QED) is 0.847. The molecular weight excluding hydrogens is 240 g/mol. The molecule has 104 valence electrons. The summed E-state index contributed by atoms with van der Waals surface area (Å²) in [6, 6.07) is 10.9. The largest absolute Gasteiger partial charge is 0.480 e. The van der Waals surface area contributed by atoms with Gasteiger partial charge < -0.3 is 5.11 Å². The molecule has 4 nitrogen and oxygen atoms in total. The summed E-state index contributed by atoms with van der Waals surface area (Å²) in [7, 11) is 0. The summed E-state index contributed by atoms with van der Waals surface area (Å²) >= 11 is 0. The minimum atomic E-state index is -0.730. The van der Waals surface area contributed by atoms with Crippen LogP contribution in [-0.4, -0.2) is 53.1 Å². The first kappa shape index (κ1) is 14.0. The van der Waals surface area contributed by atoms with E-state index >= 15 is 0 Å². The highest BCUT2D eigenvalue weighted by Gasteiger charge is 2.27. The number of carboxylic acid groups (broad SMARTS) is 1. The molecule has 1 N–H and O–H groups in total. The van der Waals surface area contributed by atoms with Crippen molar-refractivity contribution in [1.29, 1.82) is 0 Å². The van der Waals surface area contributed by atoms with Crippen LogP contribution in [0, 0.1) is 0 Å². The summed E-state index contributed by atoms with van der Waals surface area (Å²) in [5.74, 6) is -0.730. The van der Waals surface area contributed by atoms with Crippen LogP contribution >= 0.6 is 0 Å². The van der Waals surface area contributed by atoms with Gasteiger partial charge in [-0.1, -0.05) is 37.3 Å². The van der Waals surface area contributed by atoms with E-state index in [0.717, 1.165) is 32.6 Å². The minimum Gasteiger partial charge on any atom is -0.480 e. The van der Waals surface area contributed by atoms with Gasteiger partial charge in [0, 0.05) is 25.7 Å². The molecule has 0 amide bonds. The average molecular weight is 262 g/mol. The van der Waals surface area contributed by atoms with Crippen molar-refractivity contribution >= 4 is 5.97 Å². The van der Waals surface area contributed by atoms with E-state index in [1.54, 1.807) is 0 Å². The number of aliphatic carboxylic acids is 1. The van der Waals surface area contributed by atoms with E-state index < -0.39 is 5.97 Å². The smallest absolute Gasteiger partial charge is 0.317 e. The number of hydrogen-bond acceptors (Lipinski definition) is 3. The van der Waals surface area contributed by atoms with Crippen molar-refractivity contribution in [2.24, 2.45) is 0 Å². The van der Waals surface area contributed by atoms with Crippen LogP contribution in [0.25, 0.3) is 0 Å². The Morgan fingerprint density at radius 1 is 1.42 bits per heavy atom. The van der Waals surface area contributed by atoms with Gasteiger partial charge in [-0.25, -0.2) is 0 Å². The summed E-state index contributed by atoms with van der Waals surface area (Å²) < 4.78 is 0. The molecule has 0 radical (unpaired) electrons. The van der Waals surface area contributed by atoms with E-state index in [0.29, 0.717) is 6.04 Å². The Kier molecular flexibility index (Phi) is 4.93. The number of carboxylic acids is 1. The second kappa shape index (κ2) is 6.68. The molecule has 19 heavy (non-hydrogen) atoms. The van der Waals surface area contributed by atoms with E-state index in [-0.39, 0.29) is 6.54 Å². The fourth-order valence-electron chi connectivity index (χ4n) is 2.76. The molecule has 1 fully saturated rings. The summed E-state index contributed by atoms with van der Waals surface area (Å²) in [5, 5.41) is 8.84. The lowest BCUT2D eigenvalue weighted by Crippen LogP contribution is -2.38. The lowest BCUT2D eigenvalue weighted by atomic mass is 10.1. The van der Waals surface area contributed by atoms with Crippen LogP contribution in [0.5, 0.6) is 0 Å². The predicted octanol–water partition coefficient (Wildman–Crippen LogP) is 1.67. The zero-order chi connectivity index (χ0) is 13.7. The van der Waals surface area contributed by atoms with Crippen molar-refractivity contribution in [2.75, 3.05) is 26.2 Å². The van der Waals surface area contributed by atoms with Gasteiger partial charge in [-0.15, -0.1) is 0 Å². The molecule has 1 saturated heterocycles. The Labute approximate surface area is 114 Å². The highest BCUT2D eigenvalue weighted by Crippen LogP contribution is 2.17. The Hall–Kier alpha value is -1.39. The summed E-state index contributed by atoms with van der Waals surface area (Å²) in [6.07, 6.45) is 1.06. The van der Waals surface area contributed by atoms with Crippen molar-refractivity contribution in [3.05, 3.63) is 35.9 Å². The first-order valence-electron chi connectivity index (χ1n) is 6.91. The highest BCUT2D eigenvalue weighted by molar-refractivity contribution is 5.69. The fraction of sp³-hybridized carbons (Fsp3) is 0.533. The molecule has 1 aromatic carbocycles. The number of likely N-dealkylation sites (N-methyl/N-ethyl adjacent to an activating group) is 1. The van der Waals surface area contributed by atoms with E-state index in [9.17, 15) is 4.79 Å². The number of likely N-dealkylation sites (tertiary alicyclic amines) is 1. The zero-order valence-corrected chi connectivity index (χ0v) is 11.5. The van der Waals surface area contributed by atoms with Crippen LogP contribution in [0.2, 0.25) is 0 Å². The maximum Gasteiger partial charge on any atom is 0.317 e. The van der Waals surface area contributed by atoms with Gasteiger partial charge in [0.1, 0.15) is 0 Å². The first-order valence-corrected chi connectivity index (χ1v) is 6.91. The van der Waals surface area contributed by atoms with Crippen molar-refractivity contribution in [2.45, 2.75) is 25.9 Å². The molecule has 1 unspecified atom stereocenters. The summed E-state index contributed by atoms with van der Waals surface area (Å²) in [5.41, 5.74) is 1.32. The number of nitrogens with zero attached hydrogens (tertiary/aromatic N) is 2. The van der Waals surface area contributed by atoms with E-state index in [4.69, 9.17) is 5.11 Å². The SMILES string of the molecule is CCN(Cc1ccccc1)C1CCN(CC(=O)O)C1. The van der Waals surface area contributed by atoms with Gasteiger partial charge in [0.05, 0.1) is 6.54 Å². The third-order valence-electron chi connectivity index (χ3n) is 3.76. The number of benzene rings is 1. The Morgan fingerprint density at radius 3 is 2.79 bits per heavy atom. The standard InChI is InChI=1S/C15H22N2O2/c1-2-17(10-13-6-4-3-5-7-13)14-8-9-16(11-14)12-15(18)19/h3-7,14H,2,8-12H2,1H3,(H,18,19).